The van der Waals surface area contributed by atoms with Crippen molar-refractivity contribution in [3.8, 4) is 0 Å². The maximum Gasteiger partial charge on any atom is 0.248 e. The highest BCUT2D eigenvalue weighted by Gasteiger charge is 2.43. The Morgan fingerprint density at radius 1 is 1.38 bits per heavy atom. The van der Waals surface area contributed by atoms with Crippen LogP contribution in [0.25, 0.3) is 0 Å². The fourth-order valence-electron chi connectivity index (χ4n) is 3.33. The monoisotopic (exact) mass is 392 g/mol. The number of alkyl halides is 2. The molecule has 2 heterocycles. The Morgan fingerprint density at radius 2 is 2.08 bits per heavy atom. The quantitative estimate of drug-likeness (QED) is 0.544. The highest BCUT2D eigenvalue weighted by atomic mass is 32.1. The number of carbonyl (C=O) groups excluding carboxylic acids is 1. The molecule has 1 aliphatic carbocycles. The van der Waals surface area contributed by atoms with Crippen LogP contribution < -0.4 is 16.8 Å². The molecule has 0 spiro atoms. The zero-order valence-corrected chi connectivity index (χ0v) is 16.8. The maximum atomic E-state index is 13.0. The van der Waals surface area contributed by atoms with Crippen LogP contribution in [0.1, 0.15) is 52.4 Å². The molecule has 0 bridgehead atoms. The highest BCUT2D eigenvalue weighted by molar-refractivity contribution is 7.84. The number of halogens is 2. The molecule has 8 heteroatoms. The molecule has 0 aromatic heterocycles. The van der Waals surface area contributed by atoms with Crippen LogP contribution in [0.15, 0.2) is 10.6 Å². The Hall–Kier alpha value is -0.860. The Kier molecular flexibility index (Phi) is 9.89. The van der Waals surface area contributed by atoms with Gasteiger partial charge in [-0.2, -0.15) is 0 Å². The average Bonchev–Trinajstić information content (AvgIpc) is 3.28. The van der Waals surface area contributed by atoms with E-state index in [9.17, 15) is 13.6 Å². The molecular formula is C18H34F2N4OS. The van der Waals surface area contributed by atoms with E-state index < -0.39 is 11.8 Å². The molecule has 1 saturated heterocycles. The molecule has 2 unspecified atom stereocenters. The van der Waals surface area contributed by atoms with Crippen LogP contribution in [-0.4, -0.2) is 49.0 Å². The lowest BCUT2D eigenvalue weighted by atomic mass is 10.0. The largest absolute Gasteiger partial charge is 0.401 e. The predicted molar refractivity (Wildman–Crippen MR) is 105 cm³/mol. The number of nitrogens with zero attached hydrogens (tertiary/aromatic N) is 1. The molecule has 2 atom stereocenters. The summed E-state index contributed by atoms with van der Waals surface area (Å²) in [7, 11) is 0. The van der Waals surface area contributed by atoms with Gasteiger partial charge in [-0.3, -0.25) is 4.79 Å². The van der Waals surface area contributed by atoms with E-state index in [1.807, 2.05) is 13.8 Å². The van der Waals surface area contributed by atoms with Crippen molar-refractivity contribution < 1.29 is 13.6 Å². The summed E-state index contributed by atoms with van der Waals surface area (Å²) in [5.74, 6) is -3.39. The molecule has 0 aromatic carbocycles. The van der Waals surface area contributed by atoms with E-state index in [2.05, 4.69) is 17.9 Å². The van der Waals surface area contributed by atoms with E-state index in [0.717, 1.165) is 6.54 Å². The summed E-state index contributed by atoms with van der Waals surface area (Å²) in [5, 5.41) is 3.28. The number of nitrogens with two attached hydrogens (primary N) is 2. The van der Waals surface area contributed by atoms with E-state index in [1.165, 1.54) is 19.4 Å². The lowest BCUT2D eigenvalue weighted by Crippen LogP contribution is -2.40. The first kappa shape index (κ1) is 23.2. The maximum absolute atomic E-state index is 13.0. The first-order chi connectivity index (χ1) is 12.3. The van der Waals surface area contributed by atoms with Crippen LogP contribution >= 0.6 is 12.6 Å². The fourth-order valence-corrected chi connectivity index (χ4v) is 3.61. The van der Waals surface area contributed by atoms with Gasteiger partial charge in [-0.25, -0.2) is 8.78 Å². The Labute approximate surface area is 161 Å². The van der Waals surface area contributed by atoms with Gasteiger partial charge in [-0.05, 0) is 25.8 Å². The van der Waals surface area contributed by atoms with Crippen LogP contribution in [0.3, 0.4) is 0 Å². The number of hydrogen-bond acceptors (Lipinski definition) is 5. The Morgan fingerprint density at radius 3 is 2.50 bits per heavy atom. The van der Waals surface area contributed by atoms with Crippen molar-refractivity contribution >= 4 is 18.5 Å². The predicted octanol–water partition coefficient (Wildman–Crippen LogP) is 2.48. The molecule has 3 aliphatic rings. The van der Waals surface area contributed by atoms with Gasteiger partial charge in [-0.15, -0.1) is 12.6 Å². The van der Waals surface area contributed by atoms with Gasteiger partial charge in [0.25, 0.3) is 0 Å². The molecule has 26 heavy (non-hydrogen) atoms. The first-order valence-corrected chi connectivity index (χ1v) is 10.0. The Bertz CT molecular complexity index is 482. The number of carbonyl (C=O) groups is 1. The van der Waals surface area contributed by atoms with Gasteiger partial charge in [0.15, 0.2) is 0 Å². The van der Waals surface area contributed by atoms with Gasteiger partial charge in [0, 0.05) is 54.9 Å². The normalized spacial score (nSPS) is 27.4. The zero-order valence-electron chi connectivity index (χ0n) is 15.9. The van der Waals surface area contributed by atoms with E-state index in [0.29, 0.717) is 36.2 Å². The molecule has 2 fully saturated rings. The van der Waals surface area contributed by atoms with Crippen LogP contribution in [0.5, 0.6) is 0 Å². The summed E-state index contributed by atoms with van der Waals surface area (Å²) in [6.45, 7) is 6.84. The second-order valence-electron chi connectivity index (χ2n) is 6.81. The van der Waals surface area contributed by atoms with Gasteiger partial charge in [0.05, 0.1) is 6.54 Å². The van der Waals surface area contributed by atoms with Crippen molar-refractivity contribution in [2.24, 2.45) is 17.4 Å². The highest BCUT2D eigenvalue weighted by Crippen LogP contribution is 2.40. The third-order valence-corrected chi connectivity index (χ3v) is 5.30. The first-order valence-electron chi connectivity index (χ1n) is 9.59. The van der Waals surface area contributed by atoms with Crippen LogP contribution in [0.2, 0.25) is 0 Å². The molecule has 1 saturated carbocycles. The second-order valence-corrected chi connectivity index (χ2v) is 7.35. The Balaban J connectivity index is 0.000000313. The van der Waals surface area contributed by atoms with Crippen molar-refractivity contribution in [2.75, 3.05) is 26.2 Å². The summed E-state index contributed by atoms with van der Waals surface area (Å²) >= 11 is 4.20. The zero-order chi connectivity index (χ0) is 19.7. The second kappa shape index (κ2) is 11.1. The lowest BCUT2D eigenvalue weighted by Gasteiger charge is -2.30. The molecule has 5 N–H and O–H groups in total. The van der Waals surface area contributed by atoms with E-state index in [4.69, 9.17) is 11.5 Å². The van der Waals surface area contributed by atoms with Gasteiger partial charge in [-0.1, -0.05) is 13.8 Å². The van der Waals surface area contributed by atoms with Crippen molar-refractivity contribution in [3.63, 3.8) is 0 Å². The SMILES string of the molecule is CC.NC1=C(S)CN(C(=O)C2CCC(F)(F)C2)CC1.NCC1CCCN1. The van der Waals surface area contributed by atoms with Crippen LogP contribution in [0.4, 0.5) is 8.78 Å². The lowest BCUT2D eigenvalue weighted by molar-refractivity contribution is -0.136. The topological polar surface area (TPSA) is 84.4 Å². The van der Waals surface area contributed by atoms with E-state index in [1.54, 1.807) is 4.90 Å². The smallest absolute Gasteiger partial charge is 0.248 e. The van der Waals surface area contributed by atoms with Crippen LogP contribution in [0, 0.1) is 5.92 Å². The van der Waals surface area contributed by atoms with Crippen molar-refractivity contribution in [2.45, 2.75) is 64.3 Å². The molecule has 3 rings (SSSR count). The number of thiol groups is 1. The number of nitrogens with one attached hydrogen (secondary N) is 1. The molecule has 1 amide bonds. The molecular weight excluding hydrogens is 358 g/mol. The summed E-state index contributed by atoms with van der Waals surface area (Å²) in [5.41, 5.74) is 11.7. The van der Waals surface area contributed by atoms with Gasteiger partial charge < -0.3 is 21.7 Å². The van der Waals surface area contributed by atoms with E-state index in [-0.39, 0.29) is 25.2 Å². The van der Waals surface area contributed by atoms with Crippen LogP contribution in [-0.2, 0) is 4.79 Å². The summed E-state index contributed by atoms with van der Waals surface area (Å²) in [4.78, 5) is 14.3. The third kappa shape index (κ3) is 7.04. The van der Waals surface area contributed by atoms with Gasteiger partial charge >= 0.3 is 0 Å². The minimum Gasteiger partial charge on any atom is -0.401 e. The standard InChI is InChI=1S/C11H16F2N2OS.C5H12N2.C2H6/c12-11(13)3-1-7(5-11)10(16)15-4-2-8(14)9(17)6-15;6-4-5-2-1-3-7-5;1-2/h7,17H,1-6,14H2;5,7H,1-4,6H2;1-2H3. The average molecular weight is 393 g/mol. The molecule has 152 valence electrons. The molecule has 5 nitrogen and oxygen atoms in total. The van der Waals surface area contributed by atoms with Gasteiger partial charge in [0.2, 0.25) is 11.8 Å². The van der Waals surface area contributed by atoms with Gasteiger partial charge in [0.1, 0.15) is 0 Å². The number of hydrogen-bond donors (Lipinski definition) is 4. The van der Waals surface area contributed by atoms with Crippen molar-refractivity contribution in [1.29, 1.82) is 0 Å². The molecule has 0 radical (unpaired) electrons. The minimum absolute atomic E-state index is 0.178. The summed E-state index contributed by atoms with van der Waals surface area (Å²) in [6.07, 6.45) is 2.95. The summed E-state index contributed by atoms with van der Waals surface area (Å²) in [6, 6.07) is 0.625. The molecule has 2 aliphatic heterocycles. The van der Waals surface area contributed by atoms with Crippen molar-refractivity contribution in [1.82, 2.24) is 10.2 Å². The van der Waals surface area contributed by atoms with E-state index >= 15 is 0 Å². The fraction of sp³-hybridized carbons (Fsp3) is 0.833. The molecule has 0 aromatic rings. The summed E-state index contributed by atoms with van der Waals surface area (Å²) < 4.78 is 26.1. The van der Waals surface area contributed by atoms with Crippen molar-refractivity contribution in [3.05, 3.63) is 10.6 Å². The number of rotatable bonds is 2. The number of amides is 1. The minimum atomic E-state index is -2.67. The third-order valence-electron chi connectivity index (χ3n) is 4.87.